The fourth-order valence-electron chi connectivity index (χ4n) is 1.53. The third kappa shape index (κ3) is 3.72. The van der Waals surface area contributed by atoms with Gasteiger partial charge in [-0.15, -0.1) is 0 Å². The average Bonchev–Trinajstić information content (AvgIpc) is 2.34. The molecule has 6 heteroatoms. The first-order valence-electron chi connectivity index (χ1n) is 5.85. The van der Waals surface area contributed by atoms with Crippen LogP contribution in [0.4, 0.5) is 11.9 Å². The lowest BCUT2D eigenvalue weighted by molar-refractivity contribution is 0.379. The van der Waals surface area contributed by atoms with Crippen LogP contribution in [0.5, 0.6) is 6.01 Å². The van der Waals surface area contributed by atoms with Gasteiger partial charge >= 0.3 is 6.01 Å². The number of hydrogen-bond donors (Lipinski definition) is 2. The van der Waals surface area contributed by atoms with E-state index in [1.807, 2.05) is 0 Å². The molecule has 96 valence electrons. The van der Waals surface area contributed by atoms with Crippen LogP contribution in [0.15, 0.2) is 0 Å². The number of anilines is 2. The normalized spacial score (nSPS) is 12.4. The molecule has 1 aromatic heterocycles. The van der Waals surface area contributed by atoms with E-state index in [-0.39, 0.29) is 0 Å². The van der Waals surface area contributed by atoms with Crippen LogP contribution in [-0.2, 0) is 0 Å². The zero-order valence-electron chi connectivity index (χ0n) is 11.1. The maximum atomic E-state index is 5.03. The quantitative estimate of drug-likeness (QED) is 0.788. The second-order valence-corrected chi connectivity index (χ2v) is 4.12. The van der Waals surface area contributed by atoms with Crippen LogP contribution >= 0.6 is 0 Å². The van der Waals surface area contributed by atoms with Crippen LogP contribution < -0.4 is 15.4 Å². The summed E-state index contributed by atoms with van der Waals surface area (Å²) in [4.78, 5) is 12.5. The van der Waals surface area contributed by atoms with Gasteiger partial charge in [0.2, 0.25) is 11.9 Å². The summed E-state index contributed by atoms with van der Waals surface area (Å²) < 4.78 is 5.03. The van der Waals surface area contributed by atoms with Gasteiger partial charge in [-0.25, -0.2) is 0 Å². The van der Waals surface area contributed by atoms with Gasteiger partial charge in [-0.2, -0.15) is 15.0 Å². The minimum absolute atomic E-state index is 0.311. The molecule has 0 bridgehead atoms. The second kappa shape index (κ2) is 6.22. The van der Waals surface area contributed by atoms with Crippen molar-refractivity contribution in [3.8, 4) is 6.01 Å². The van der Waals surface area contributed by atoms with Gasteiger partial charge in [0.1, 0.15) is 0 Å². The van der Waals surface area contributed by atoms with E-state index in [4.69, 9.17) is 4.74 Å². The maximum absolute atomic E-state index is 5.03. The molecule has 1 heterocycles. The zero-order chi connectivity index (χ0) is 12.8. The minimum Gasteiger partial charge on any atom is -0.467 e. The van der Waals surface area contributed by atoms with Crippen LogP contribution in [0.1, 0.15) is 27.2 Å². The highest BCUT2D eigenvalue weighted by molar-refractivity contribution is 5.36. The summed E-state index contributed by atoms with van der Waals surface area (Å²) in [6, 6.07) is 0.650. The lowest BCUT2D eigenvalue weighted by atomic mass is 10.0. The van der Waals surface area contributed by atoms with E-state index in [1.165, 1.54) is 7.11 Å². The van der Waals surface area contributed by atoms with Gasteiger partial charge in [0, 0.05) is 13.1 Å². The third-order valence-electron chi connectivity index (χ3n) is 2.58. The Hall–Kier alpha value is -1.59. The highest BCUT2D eigenvalue weighted by atomic mass is 16.5. The minimum atomic E-state index is 0.311. The van der Waals surface area contributed by atoms with Gasteiger partial charge in [-0.05, 0) is 12.3 Å². The number of nitrogens with zero attached hydrogens (tertiary/aromatic N) is 3. The number of nitrogens with one attached hydrogen (secondary N) is 2. The van der Waals surface area contributed by atoms with Gasteiger partial charge in [-0.3, -0.25) is 0 Å². The molecule has 0 aliphatic rings. The molecule has 1 unspecified atom stereocenters. The van der Waals surface area contributed by atoms with E-state index >= 15 is 0 Å². The Bertz CT molecular complexity index is 333. The maximum Gasteiger partial charge on any atom is 0.322 e. The third-order valence-corrected chi connectivity index (χ3v) is 2.58. The van der Waals surface area contributed by atoms with Gasteiger partial charge in [0.15, 0.2) is 0 Å². The molecule has 0 radical (unpaired) electrons. The van der Waals surface area contributed by atoms with Crippen LogP contribution in [-0.4, -0.2) is 35.2 Å². The van der Waals surface area contributed by atoms with Crippen LogP contribution in [0.3, 0.4) is 0 Å². The monoisotopic (exact) mass is 239 g/mol. The topological polar surface area (TPSA) is 72.0 Å². The zero-order valence-corrected chi connectivity index (χ0v) is 11.1. The molecule has 0 aromatic carbocycles. The second-order valence-electron chi connectivity index (χ2n) is 4.12. The summed E-state index contributed by atoms with van der Waals surface area (Å²) in [6.07, 6.45) is 1.01. The molecule has 6 nitrogen and oxygen atoms in total. The molecule has 0 aliphatic heterocycles. The molecule has 0 aliphatic carbocycles. The van der Waals surface area contributed by atoms with E-state index in [0.717, 1.165) is 6.42 Å². The Kier molecular flexibility index (Phi) is 4.93. The van der Waals surface area contributed by atoms with Crippen molar-refractivity contribution in [2.45, 2.75) is 33.2 Å². The van der Waals surface area contributed by atoms with Crippen LogP contribution in [0.25, 0.3) is 0 Å². The predicted octanol–water partition coefficient (Wildman–Crippen LogP) is 1.77. The highest BCUT2D eigenvalue weighted by Gasteiger charge is 2.13. The number of methoxy groups -OCH3 is 1. The van der Waals surface area contributed by atoms with Gasteiger partial charge in [-0.1, -0.05) is 20.8 Å². The average molecular weight is 239 g/mol. The van der Waals surface area contributed by atoms with E-state index in [0.29, 0.717) is 29.9 Å². The van der Waals surface area contributed by atoms with Crippen molar-refractivity contribution in [2.24, 2.45) is 5.92 Å². The van der Waals surface area contributed by atoms with Gasteiger partial charge in [0.05, 0.1) is 7.11 Å². The van der Waals surface area contributed by atoms with Crippen molar-refractivity contribution in [2.75, 3.05) is 24.8 Å². The first-order valence-corrected chi connectivity index (χ1v) is 5.85. The first-order chi connectivity index (χ1) is 8.10. The van der Waals surface area contributed by atoms with E-state index in [2.05, 4.69) is 46.4 Å². The molecule has 0 spiro atoms. The number of rotatable bonds is 6. The molecule has 2 N–H and O–H groups in total. The highest BCUT2D eigenvalue weighted by Crippen LogP contribution is 2.15. The molecule has 1 atom stereocenters. The smallest absolute Gasteiger partial charge is 0.322 e. The Morgan fingerprint density at radius 1 is 1.18 bits per heavy atom. The summed E-state index contributed by atoms with van der Waals surface area (Å²) in [5, 5.41) is 6.18. The number of hydrogen-bond acceptors (Lipinski definition) is 6. The number of aromatic nitrogens is 3. The van der Waals surface area contributed by atoms with E-state index < -0.39 is 0 Å². The molecular formula is C11H21N5O. The summed E-state index contributed by atoms with van der Waals surface area (Å²) in [7, 11) is 3.30. The molecular weight excluding hydrogens is 218 g/mol. The van der Waals surface area contributed by atoms with Crippen molar-refractivity contribution in [3.05, 3.63) is 0 Å². The Morgan fingerprint density at radius 3 is 2.29 bits per heavy atom. The van der Waals surface area contributed by atoms with E-state index in [1.54, 1.807) is 7.05 Å². The summed E-state index contributed by atoms with van der Waals surface area (Å²) in [5.74, 6) is 1.56. The Labute approximate surface area is 102 Å². The summed E-state index contributed by atoms with van der Waals surface area (Å²) >= 11 is 0. The number of ether oxygens (including phenoxy) is 1. The van der Waals surface area contributed by atoms with Gasteiger partial charge in [0.25, 0.3) is 0 Å². The van der Waals surface area contributed by atoms with Gasteiger partial charge < -0.3 is 15.4 Å². The molecule has 0 fully saturated rings. The molecule has 1 aromatic rings. The van der Waals surface area contributed by atoms with Crippen molar-refractivity contribution in [1.29, 1.82) is 0 Å². The Balaban J connectivity index is 2.89. The lowest BCUT2D eigenvalue weighted by Gasteiger charge is -2.20. The molecule has 1 rings (SSSR count). The predicted molar refractivity (Wildman–Crippen MR) is 68.5 cm³/mol. The lowest BCUT2D eigenvalue weighted by Crippen LogP contribution is -2.26. The van der Waals surface area contributed by atoms with Crippen molar-refractivity contribution in [1.82, 2.24) is 15.0 Å². The fourth-order valence-corrected chi connectivity index (χ4v) is 1.53. The van der Waals surface area contributed by atoms with Crippen molar-refractivity contribution in [3.63, 3.8) is 0 Å². The van der Waals surface area contributed by atoms with E-state index in [9.17, 15) is 0 Å². The SMILES string of the molecule is CCC(Nc1nc(NC)nc(OC)n1)C(C)C. The van der Waals surface area contributed by atoms with Crippen molar-refractivity contribution < 1.29 is 4.74 Å². The van der Waals surface area contributed by atoms with Crippen LogP contribution in [0, 0.1) is 5.92 Å². The summed E-state index contributed by atoms with van der Waals surface area (Å²) in [6.45, 7) is 6.46. The molecule has 0 amide bonds. The van der Waals surface area contributed by atoms with Crippen LogP contribution in [0.2, 0.25) is 0 Å². The standard InChI is InChI=1S/C11H21N5O/c1-6-8(7(2)3)13-10-14-9(12-4)15-11(16-10)17-5/h7-8H,6H2,1-5H3,(H2,12,13,14,15,16). The molecule has 17 heavy (non-hydrogen) atoms. The van der Waals surface area contributed by atoms with Crippen molar-refractivity contribution >= 4 is 11.9 Å². The first kappa shape index (κ1) is 13.5. The summed E-state index contributed by atoms with van der Waals surface area (Å²) in [5.41, 5.74) is 0. The Morgan fingerprint density at radius 2 is 1.82 bits per heavy atom. The largest absolute Gasteiger partial charge is 0.467 e. The fraction of sp³-hybridized carbons (Fsp3) is 0.727. The molecule has 0 saturated carbocycles. The molecule has 0 saturated heterocycles.